The summed E-state index contributed by atoms with van der Waals surface area (Å²) in [5, 5.41) is 6.85. The molecule has 0 bridgehead atoms. The maximum atomic E-state index is 12.0. The maximum absolute atomic E-state index is 12.0. The van der Waals surface area contributed by atoms with Gasteiger partial charge in [-0.2, -0.15) is 5.10 Å². The van der Waals surface area contributed by atoms with Gasteiger partial charge in [-0.25, -0.2) is 0 Å². The Morgan fingerprint density at radius 3 is 2.53 bits per heavy atom. The molecule has 0 aliphatic rings. The third-order valence-corrected chi connectivity index (χ3v) is 2.83. The van der Waals surface area contributed by atoms with Crippen molar-refractivity contribution in [1.82, 2.24) is 20.0 Å². The second-order valence-electron chi connectivity index (χ2n) is 4.48. The third-order valence-electron chi connectivity index (χ3n) is 2.83. The average molecular weight is 267 g/mol. The fraction of sp³-hybridized carbons (Fsp3) is 0.583. The Balaban J connectivity index is 2.64. The van der Waals surface area contributed by atoms with E-state index in [1.165, 1.54) is 9.58 Å². The molecular weight excluding hydrogens is 246 g/mol. The van der Waals surface area contributed by atoms with Crippen molar-refractivity contribution in [2.45, 2.75) is 19.8 Å². The molecule has 1 aromatic rings. The molecule has 0 unspecified atom stereocenters. The molecule has 7 nitrogen and oxygen atoms in total. The average Bonchev–Trinajstić information content (AvgIpc) is 2.63. The molecule has 1 aromatic heterocycles. The smallest absolute Gasteiger partial charge is 0.271 e. The van der Waals surface area contributed by atoms with E-state index >= 15 is 0 Å². The number of carbonyl (C=O) groups is 2. The van der Waals surface area contributed by atoms with Crippen molar-refractivity contribution < 1.29 is 9.59 Å². The topological polar surface area (TPSA) is 93.2 Å². The van der Waals surface area contributed by atoms with Gasteiger partial charge in [-0.1, -0.05) is 6.92 Å². The molecule has 106 valence electrons. The molecule has 19 heavy (non-hydrogen) atoms. The largest absolute Gasteiger partial charge is 0.395 e. The molecule has 0 saturated carbocycles. The lowest BCUT2D eigenvalue weighted by molar-refractivity contribution is -0.128. The highest BCUT2D eigenvalue weighted by Gasteiger charge is 2.18. The standard InChI is InChI=1S/C12H21N5O2/c1-5-8-10(13)11(17(4)15-8)12(19)14-7-6-9(18)16(2)3/h5-7,13H2,1-4H3,(H,14,19). The Morgan fingerprint density at radius 1 is 1.42 bits per heavy atom. The van der Waals surface area contributed by atoms with Crippen molar-refractivity contribution in [1.29, 1.82) is 0 Å². The summed E-state index contributed by atoms with van der Waals surface area (Å²) in [6.07, 6.45) is 0.934. The van der Waals surface area contributed by atoms with Crippen molar-refractivity contribution in [2.24, 2.45) is 7.05 Å². The quantitative estimate of drug-likeness (QED) is 0.771. The molecule has 2 amide bonds. The monoisotopic (exact) mass is 267 g/mol. The molecule has 0 aliphatic carbocycles. The molecule has 1 rings (SSSR count). The van der Waals surface area contributed by atoms with Crippen LogP contribution < -0.4 is 11.1 Å². The number of nitrogens with zero attached hydrogens (tertiary/aromatic N) is 3. The van der Waals surface area contributed by atoms with E-state index in [9.17, 15) is 9.59 Å². The molecule has 3 N–H and O–H groups in total. The van der Waals surface area contributed by atoms with E-state index in [0.717, 1.165) is 0 Å². The lowest BCUT2D eigenvalue weighted by atomic mass is 10.2. The zero-order valence-electron chi connectivity index (χ0n) is 11.9. The van der Waals surface area contributed by atoms with E-state index in [2.05, 4.69) is 10.4 Å². The summed E-state index contributed by atoms with van der Waals surface area (Å²) in [6.45, 7) is 2.21. The lowest BCUT2D eigenvalue weighted by Crippen LogP contribution is -2.31. The number of anilines is 1. The van der Waals surface area contributed by atoms with Crippen LogP contribution in [0.3, 0.4) is 0 Å². The number of nitrogen functional groups attached to an aromatic ring is 1. The molecule has 1 heterocycles. The maximum Gasteiger partial charge on any atom is 0.271 e. The van der Waals surface area contributed by atoms with Gasteiger partial charge in [0.1, 0.15) is 5.69 Å². The minimum Gasteiger partial charge on any atom is -0.395 e. The fourth-order valence-corrected chi connectivity index (χ4v) is 1.72. The summed E-state index contributed by atoms with van der Waals surface area (Å²) < 4.78 is 1.47. The van der Waals surface area contributed by atoms with Crippen LogP contribution in [0.15, 0.2) is 0 Å². The van der Waals surface area contributed by atoms with Crippen LogP contribution >= 0.6 is 0 Å². The second kappa shape index (κ2) is 6.21. The highest BCUT2D eigenvalue weighted by molar-refractivity contribution is 5.98. The van der Waals surface area contributed by atoms with Gasteiger partial charge in [0.25, 0.3) is 5.91 Å². The second-order valence-corrected chi connectivity index (χ2v) is 4.48. The van der Waals surface area contributed by atoms with Crippen molar-refractivity contribution in [3.8, 4) is 0 Å². The Bertz CT molecular complexity index is 479. The predicted octanol–water partition coefficient (Wildman–Crippen LogP) is -0.227. The van der Waals surface area contributed by atoms with Gasteiger partial charge in [0.15, 0.2) is 0 Å². The van der Waals surface area contributed by atoms with Crippen LogP contribution in [0.5, 0.6) is 0 Å². The number of rotatable bonds is 5. The van der Waals surface area contributed by atoms with Crippen molar-refractivity contribution >= 4 is 17.5 Å². The van der Waals surface area contributed by atoms with Crippen LogP contribution in [0.2, 0.25) is 0 Å². The van der Waals surface area contributed by atoms with E-state index in [1.54, 1.807) is 21.1 Å². The molecule has 0 aliphatic heterocycles. The van der Waals surface area contributed by atoms with Gasteiger partial charge in [-0.05, 0) is 6.42 Å². The molecule has 0 atom stereocenters. The van der Waals surface area contributed by atoms with Crippen molar-refractivity contribution in [2.75, 3.05) is 26.4 Å². The Labute approximate surface area is 112 Å². The van der Waals surface area contributed by atoms with E-state index in [-0.39, 0.29) is 24.8 Å². The Kier molecular flexibility index (Phi) is 4.91. The van der Waals surface area contributed by atoms with E-state index in [4.69, 9.17) is 5.73 Å². The molecule has 0 aromatic carbocycles. The predicted molar refractivity (Wildman–Crippen MR) is 72.6 cm³/mol. The summed E-state index contributed by atoms with van der Waals surface area (Å²) in [5.74, 6) is -0.341. The van der Waals surface area contributed by atoms with E-state index in [1.807, 2.05) is 6.92 Å². The first-order chi connectivity index (χ1) is 8.88. The number of aromatic nitrogens is 2. The summed E-state index contributed by atoms with van der Waals surface area (Å²) in [6, 6.07) is 0. The number of amides is 2. The first kappa shape index (κ1) is 15.0. The first-order valence-corrected chi connectivity index (χ1v) is 6.18. The van der Waals surface area contributed by atoms with Crippen molar-refractivity contribution in [3.05, 3.63) is 11.4 Å². The van der Waals surface area contributed by atoms with Crippen LogP contribution in [-0.2, 0) is 18.3 Å². The lowest BCUT2D eigenvalue weighted by Gasteiger charge is -2.10. The molecule has 0 spiro atoms. The minimum absolute atomic E-state index is 0.0347. The van der Waals surface area contributed by atoms with Gasteiger partial charge in [0.2, 0.25) is 5.91 Å². The first-order valence-electron chi connectivity index (χ1n) is 6.18. The van der Waals surface area contributed by atoms with Crippen LogP contribution in [0.25, 0.3) is 0 Å². The highest BCUT2D eigenvalue weighted by Crippen LogP contribution is 2.16. The molecule has 0 saturated heterocycles. The molecular formula is C12H21N5O2. The highest BCUT2D eigenvalue weighted by atomic mass is 16.2. The summed E-state index contributed by atoms with van der Waals surface area (Å²) in [4.78, 5) is 24.9. The summed E-state index contributed by atoms with van der Waals surface area (Å²) in [7, 11) is 5.03. The fourth-order valence-electron chi connectivity index (χ4n) is 1.72. The van der Waals surface area contributed by atoms with Crippen LogP contribution in [0, 0.1) is 0 Å². The van der Waals surface area contributed by atoms with Gasteiger partial charge >= 0.3 is 0 Å². The van der Waals surface area contributed by atoms with Gasteiger partial charge in [-0.15, -0.1) is 0 Å². The Morgan fingerprint density at radius 2 is 2.05 bits per heavy atom. The molecule has 0 fully saturated rings. The zero-order valence-corrected chi connectivity index (χ0v) is 11.9. The normalized spacial score (nSPS) is 10.3. The van der Waals surface area contributed by atoms with Crippen LogP contribution in [0.1, 0.15) is 29.5 Å². The number of nitrogens with two attached hydrogens (primary N) is 1. The van der Waals surface area contributed by atoms with Crippen LogP contribution in [-0.4, -0.2) is 47.1 Å². The van der Waals surface area contributed by atoms with Gasteiger partial charge in [0, 0.05) is 34.1 Å². The minimum atomic E-state index is -0.307. The van der Waals surface area contributed by atoms with Gasteiger partial charge in [0.05, 0.1) is 11.4 Å². The molecule has 0 radical (unpaired) electrons. The van der Waals surface area contributed by atoms with Crippen LogP contribution in [0.4, 0.5) is 5.69 Å². The van der Waals surface area contributed by atoms with E-state index in [0.29, 0.717) is 23.5 Å². The van der Waals surface area contributed by atoms with Gasteiger partial charge < -0.3 is 16.0 Å². The van der Waals surface area contributed by atoms with Crippen molar-refractivity contribution in [3.63, 3.8) is 0 Å². The summed E-state index contributed by atoms with van der Waals surface area (Å²) >= 11 is 0. The SMILES string of the molecule is CCc1nn(C)c(C(=O)NCCC(=O)N(C)C)c1N. The number of nitrogens with one attached hydrogen (secondary N) is 1. The zero-order chi connectivity index (χ0) is 14.6. The third kappa shape index (κ3) is 3.46. The molecule has 7 heteroatoms. The Hall–Kier alpha value is -2.05. The number of aryl methyl sites for hydroxylation is 2. The van der Waals surface area contributed by atoms with E-state index < -0.39 is 0 Å². The summed E-state index contributed by atoms with van der Waals surface area (Å²) in [5.41, 5.74) is 7.33. The number of hydrogen-bond acceptors (Lipinski definition) is 4. The number of carbonyl (C=O) groups excluding carboxylic acids is 2. The number of hydrogen-bond donors (Lipinski definition) is 2. The van der Waals surface area contributed by atoms with Gasteiger partial charge in [-0.3, -0.25) is 14.3 Å².